The molecule has 1 aromatic carbocycles. The van der Waals surface area contributed by atoms with E-state index < -0.39 is 0 Å². The number of benzene rings is 1. The monoisotopic (exact) mass is 251 g/mol. The molecule has 0 fully saturated rings. The van der Waals surface area contributed by atoms with E-state index in [-0.39, 0.29) is 5.75 Å². The lowest BCUT2D eigenvalue weighted by molar-refractivity contribution is 0.469. The quantitative estimate of drug-likeness (QED) is 0.786. The summed E-state index contributed by atoms with van der Waals surface area (Å²) >= 11 is 5.88. The number of rotatable bonds is 3. The van der Waals surface area contributed by atoms with E-state index in [1.807, 2.05) is 13.8 Å². The Bertz CT molecular complexity index is 517. The van der Waals surface area contributed by atoms with Gasteiger partial charge in [0.2, 0.25) is 0 Å². The Labute approximate surface area is 105 Å². The zero-order valence-corrected chi connectivity index (χ0v) is 10.5. The largest absolute Gasteiger partial charge is 0.508 e. The molecule has 0 aliphatic carbocycles. The van der Waals surface area contributed by atoms with Crippen LogP contribution in [0.3, 0.4) is 0 Å². The van der Waals surface area contributed by atoms with Crippen molar-refractivity contribution in [2.24, 2.45) is 0 Å². The van der Waals surface area contributed by atoms with Crippen LogP contribution in [0, 0.1) is 13.8 Å². The van der Waals surface area contributed by atoms with E-state index in [4.69, 9.17) is 11.6 Å². The molecule has 0 amide bonds. The lowest BCUT2D eigenvalue weighted by Gasteiger charge is -2.08. The Morgan fingerprint density at radius 1 is 1.41 bits per heavy atom. The summed E-state index contributed by atoms with van der Waals surface area (Å²) in [5.74, 6) is 0.237. The van der Waals surface area contributed by atoms with Crippen molar-refractivity contribution in [1.82, 2.24) is 10.2 Å². The molecule has 0 atom stereocenters. The topological polar surface area (TPSA) is 60.9 Å². The van der Waals surface area contributed by atoms with Crippen LogP contribution in [0.1, 0.15) is 17.0 Å². The van der Waals surface area contributed by atoms with Crippen molar-refractivity contribution < 1.29 is 5.11 Å². The van der Waals surface area contributed by atoms with Crippen molar-refractivity contribution in [3.63, 3.8) is 0 Å². The summed E-state index contributed by atoms with van der Waals surface area (Å²) in [7, 11) is 0. The molecule has 0 spiro atoms. The number of nitrogens with one attached hydrogen (secondary N) is 2. The molecule has 0 aliphatic heterocycles. The van der Waals surface area contributed by atoms with Crippen molar-refractivity contribution in [3.8, 4) is 5.75 Å². The molecule has 17 heavy (non-hydrogen) atoms. The first-order chi connectivity index (χ1) is 8.08. The Morgan fingerprint density at radius 3 is 2.82 bits per heavy atom. The fourth-order valence-corrected chi connectivity index (χ4v) is 1.89. The average Bonchev–Trinajstić information content (AvgIpc) is 2.61. The van der Waals surface area contributed by atoms with Gasteiger partial charge in [-0.3, -0.25) is 5.10 Å². The lowest BCUT2D eigenvalue weighted by Crippen LogP contribution is -2.01. The van der Waals surface area contributed by atoms with Gasteiger partial charge in [-0.1, -0.05) is 11.6 Å². The number of anilines is 1. The first-order valence-corrected chi connectivity index (χ1v) is 5.68. The van der Waals surface area contributed by atoms with Crippen LogP contribution in [-0.4, -0.2) is 15.3 Å². The van der Waals surface area contributed by atoms with Crippen molar-refractivity contribution in [2.75, 3.05) is 5.32 Å². The third-order valence-corrected chi connectivity index (χ3v) is 2.86. The fraction of sp³-hybridized carbons (Fsp3) is 0.250. The van der Waals surface area contributed by atoms with Gasteiger partial charge in [0.05, 0.1) is 17.1 Å². The normalized spacial score (nSPS) is 10.5. The predicted octanol–water partition coefficient (Wildman–Crippen LogP) is 3.00. The molecule has 1 aromatic heterocycles. The van der Waals surface area contributed by atoms with Crippen molar-refractivity contribution in [1.29, 1.82) is 0 Å². The lowest BCUT2D eigenvalue weighted by atomic mass is 10.2. The number of aromatic hydroxyl groups is 1. The van der Waals surface area contributed by atoms with E-state index in [9.17, 15) is 5.11 Å². The number of nitrogens with zero attached hydrogens (tertiary/aromatic N) is 1. The summed E-state index contributed by atoms with van der Waals surface area (Å²) < 4.78 is 0. The van der Waals surface area contributed by atoms with E-state index >= 15 is 0 Å². The first-order valence-electron chi connectivity index (χ1n) is 5.30. The number of phenolic OH excluding ortho intramolecular Hbond substituents is 1. The van der Waals surface area contributed by atoms with Crippen LogP contribution < -0.4 is 5.32 Å². The van der Waals surface area contributed by atoms with Gasteiger partial charge in [-0.2, -0.15) is 5.10 Å². The van der Waals surface area contributed by atoms with Gasteiger partial charge in [0, 0.05) is 17.1 Å². The third kappa shape index (κ3) is 2.53. The van der Waals surface area contributed by atoms with E-state index in [0.29, 0.717) is 11.6 Å². The predicted molar refractivity (Wildman–Crippen MR) is 68.5 cm³/mol. The van der Waals surface area contributed by atoms with Gasteiger partial charge in [0.1, 0.15) is 5.75 Å². The maximum atomic E-state index is 9.68. The highest BCUT2D eigenvalue weighted by Gasteiger charge is 2.07. The second-order valence-corrected chi connectivity index (χ2v) is 4.37. The molecule has 5 heteroatoms. The van der Waals surface area contributed by atoms with Crippen LogP contribution in [0.2, 0.25) is 5.02 Å². The van der Waals surface area contributed by atoms with Gasteiger partial charge >= 0.3 is 0 Å². The molecule has 1 heterocycles. The van der Waals surface area contributed by atoms with Crippen molar-refractivity contribution in [2.45, 2.75) is 20.4 Å². The molecule has 0 saturated carbocycles. The van der Waals surface area contributed by atoms with Crippen LogP contribution in [0.15, 0.2) is 18.2 Å². The van der Waals surface area contributed by atoms with Crippen LogP contribution in [0.4, 0.5) is 5.69 Å². The van der Waals surface area contributed by atoms with Gasteiger partial charge < -0.3 is 10.4 Å². The Morgan fingerprint density at radius 2 is 2.18 bits per heavy atom. The highest BCUT2D eigenvalue weighted by atomic mass is 35.5. The smallest absolute Gasteiger partial charge is 0.120 e. The summed E-state index contributed by atoms with van der Waals surface area (Å²) in [5, 5.41) is 20.5. The van der Waals surface area contributed by atoms with Crippen molar-refractivity contribution in [3.05, 3.63) is 40.2 Å². The van der Waals surface area contributed by atoms with Gasteiger partial charge in [-0.05, 0) is 32.0 Å². The minimum Gasteiger partial charge on any atom is -0.508 e. The summed E-state index contributed by atoms with van der Waals surface area (Å²) in [6.45, 7) is 4.37. The minimum atomic E-state index is 0.237. The molecule has 0 radical (unpaired) electrons. The maximum Gasteiger partial charge on any atom is 0.120 e. The van der Waals surface area contributed by atoms with E-state index in [1.54, 1.807) is 18.2 Å². The molecule has 3 N–H and O–H groups in total. The molecular weight excluding hydrogens is 238 g/mol. The summed E-state index contributed by atoms with van der Waals surface area (Å²) in [4.78, 5) is 0. The minimum absolute atomic E-state index is 0.237. The summed E-state index contributed by atoms with van der Waals surface area (Å²) in [5.41, 5.74) is 3.61. The molecule has 2 rings (SSSR count). The number of hydrogen-bond acceptors (Lipinski definition) is 3. The number of aromatic nitrogens is 2. The van der Waals surface area contributed by atoms with E-state index in [2.05, 4.69) is 15.5 Å². The average molecular weight is 252 g/mol. The van der Waals surface area contributed by atoms with Crippen molar-refractivity contribution >= 4 is 17.3 Å². The van der Waals surface area contributed by atoms with Gasteiger partial charge in [-0.25, -0.2) is 0 Å². The maximum absolute atomic E-state index is 9.68. The zero-order chi connectivity index (χ0) is 12.4. The van der Waals surface area contributed by atoms with Crippen LogP contribution in [-0.2, 0) is 6.54 Å². The standard InChI is InChI=1S/C12H14ClN3O/c1-7-12(8(2)16-15-7)14-6-9-5-10(13)3-4-11(9)17/h3-5,14,17H,6H2,1-2H3,(H,15,16). The molecule has 0 bridgehead atoms. The summed E-state index contributed by atoms with van der Waals surface area (Å²) in [6.07, 6.45) is 0. The number of H-pyrrole nitrogens is 1. The Hall–Kier alpha value is -1.68. The molecular formula is C12H14ClN3O. The molecule has 0 unspecified atom stereocenters. The molecule has 0 saturated heterocycles. The number of aromatic amines is 1. The van der Waals surface area contributed by atoms with Gasteiger partial charge in [0.15, 0.2) is 0 Å². The fourth-order valence-electron chi connectivity index (χ4n) is 1.69. The second-order valence-electron chi connectivity index (χ2n) is 3.94. The van der Waals surface area contributed by atoms with Crippen LogP contribution >= 0.6 is 11.6 Å². The number of phenols is 1. The Balaban J connectivity index is 2.15. The molecule has 90 valence electrons. The van der Waals surface area contributed by atoms with Gasteiger partial charge in [-0.15, -0.1) is 0 Å². The summed E-state index contributed by atoms with van der Waals surface area (Å²) in [6, 6.07) is 5.00. The SMILES string of the molecule is Cc1n[nH]c(C)c1NCc1cc(Cl)ccc1O. The first kappa shape index (κ1) is 11.8. The van der Waals surface area contributed by atoms with E-state index in [0.717, 1.165) is 22.6 Å². The zero-order valence-electron chi connectivity index (χ0n) is 9.71. The van der Waals surface area contributed by atoms with Gasteiger partial charge in [0.25, 0.3) is 0 Å². The highest BCUT2D eigenvalue weighted by molar-refractivity contribution is 6.30. The third-order valence-electron chi connectivity index (χ3n) is 2.63. The number of hydrogen-bond donors (Lipinski definition) is 3. The van der Waals surface area contributed by atoms with Crippen LogP contribution in [0.5, 0.6) is 5.75 Å². The van der Waals surface area contributed by atoms with E-state index in [1.165, 1.54) is 0 Å². The highest BCUT2D eigenvalue weighted by Crippen LogP contribution is 2.24. The second kappa shape index (κ2) is 4.67. The number of halogens is 1. The van der Waals surface area contributed by atoms with Crippen LogP contribution in [0.25, 0.3) is 0 Å². The molecule has 2 aromatic rings. The Kier molecular flexibility index (Phi) is 3.24. The number of aryl methyl sites for hydroxylation is 2. The molecule has 0 aliphatic rings. The molecule has 4 nitrogen and oxygen atoms in total.